The van der Waals surface area contributed by atoms with Crippen molar-refractivity contribution in [1.29, 1.82) is 0 Å². The molecule has 21 heavy (non-hydrogen) atoms. The van der Waals surface area contributed by atoms with Gasteiger partial charge in [0.25, 0.3) is 0 Å². The molecular formula is C16H22ClFN2O. The van der Waals surface area contributed by atoms with E-state index in [1.54, 1.807) is 17.0 Å². The molecule has 2 N–H and O–H groups in total. The van der Waals surface area contributed by atoms with Gasteiger partial charge in [-0.25, -0.2) is 4.39 Å². The lowest BCUT2D eigenvalue weighted by atomic mass is 10.1. The fourth-order valence-electron chi connectivity index (χ4n) is 2.39. The molecule has 0 aromatic heterocycles. The second-order valence-corrected chi connectivity index (χ2v) is 6.05. The quantitative estimate of drug-likeness (QED) is 0.837. The summed E-state index contributed by atoms with van der Waals surface area (Å²) in [5, 5.41) is 0.357. The number of hydrogen-bond donors (Lipinski definition) is 1. The van der Waals surface area contributed by atoms with Crippen molar-refractivity contribution in [2.75, 3.05) is 0 Å². The normalized spacial score (nSPS) is 15.8. The van der Waals surface area contributed by atoms with Crippen LogP contribution in [0.1, 0.15) is 44.6 Å². The SMILES string of the molecule is CCCCC(N)C(=O)N(Cc1c(F)cccc1Cl)C1CC1. The molecular weight excluding hydrogens is 291 g/mol. The van der Waals surface area contributed by atoms with Crippen LogP contribution in [0.5, 0.6) is 0 Å². The van der Waals surface area contributed by atoms with E-state index >= 15 is 0 Å². The number of amides is 1. The van der Waals surface area contributed by atoms with Crippen molar-refractivity contribution in [2.24, 2.45) is 5.73 Å². The van der Waals surface area contributed by atoms with Crippen molar-refractivity contribution in [2.45, 2.75) is 57.7 Å². The van der Waals surface area contributed by atoms with Crippen LogP contribution in [0.3, 0.4) is 0 Å². The van der Waals surface area contributed by atoms with Crippen LogP contribution in [-0.4, -0.2) is 22.9 Å². The first-order valence-electron chi connectivity index (χ1n) is 7.53. The number of rotatable bonds is 7. The van der Waals surface area contributed by atoms with Gasteiger partial charge >= 0.3 is 0 Å². The number of nitrogens with two attached hydrogens (primary N) is 1. The first kappa shape index (κ1) is 16.2. The average Bonchev–Trinajstić information content (AvgIpc) is 3.28. The van der Waals surface area contributed by atoms with E-state index in [-0.39, 0.29) is 24.3 Å². The van der Waals surface area contributed by atoms with Gasteiger partial charge in [-0.1, -0.05) is 37.4 Å². The molecule has 1 saturated carbocycles. The van der Waals surface area contributed by atoms with Crippen LogP contribution >= 0.6 is 11.6 Å². The summed E-state index contributed by atoms with van der Waals surface area (Å²) in [6.07, 6.45) is 4.51. The van der Waals surface area contributed by atoms with Crippen LogP contribution in [0, 0.1) is 5.82 Å². The van der Waals surface area contributed by atoms with Crippen LogP contribution in [0.15, 0.2) is 18.2 Å². The molecule has 1 aromatic rings. The van der Waals surface area contributed by atoms with E-state index in [4.69, 9.17) is 17.3 Å². The summed E-state index contributed by atoms with van der Waals surface area (Å²) >= 11 is 6.06. The fraction of sp³-hybridized carbons (Fsp3) is 0.562. The number of carbonyl (C=O) groups is 1. The van der Waals surface area contributed by atoms with Crippen molar-refractivity contribution in [1.82, 2.24) is 4.90 Å². The monoisotopic (exact) mass is 312 g/mol. The van der Waals surface area contributed by atoms with Gasteiger partial charge in [-0.3, -0.25) is 4.79 Å². The van der Waals surface area contributed by atoms with Gasteiger partial charge in [0.15, 0.2) is 0 Å². The number of unbranched alkanes of at least 4 members (excludes halogenated alkanes) is 1. The maximum atomic E-state index is 13.9. The van der Waals surface area contributed by atoms with Gasteiger partial charge in [0.1, 0.15) is 5.82 Å². The lowest BCUT2D eigenvalue weighted by Gasteiger charge is -2.26. The summed E-state index contributed by atoms with van der Waals surface area (Å²) in [5.41, 5.74) is 6.36. The second kappa shape index (κ2) is 7.23. The molecule has 3 nitrogen and oxygen atoms in total. The molecule has 2 rings (SSSR count). The predicted molar refractivity (Wildman–Crippen MR) is 82.5 cm³/mol. The number of hydrogen-bond acceptors (Lipinski definition) is 2. The van der Waals surface area contributed by atoms with E-state index < -0.39 is 6.04 Å². The third-order valence-corrected chi connectivity index (χ3v) is 4.20. The van der Waals surface area contributed by atoms with Crippen LogP contribution < -0.4 is 5.73 Å². The molecule has 0 radical (unpaired) electrons. The maximum Gasteiger partial charge on any atom is 0.240 e. The third-order valence-electron chi connectivity index (χ3n) is 3.85. The first-order chi connectivity index (χ1) is 10.0. The van der Waals surface area contributed by atoms with E-state index in [0.29, 0.717) is 17.0 Å². The summed E-state index contributed by atoms with van der Waals surface area (Å²) in [4.78, 5) is 14.2. The molecule has 0 heterocycles. The minimum absolute atomic E-state index is 0.0923. The van der Waals surface area contributed by atoms with Gasteiger partial charge in [-0.15, -0.1) is 0 Å². The Bertz CT molecular complexity index is 485. The van der Waals surface area contributed by atoms with Gasteiger partial charge in [-0.05, 0) is 31.4 Å². The Labute approximate surface area is 130 Å². The summed E-state index contributed by atoms with van der Waals surface area (Å²) in [6, 6.07) is 4.26. The average molecular weight is 313 g/mol. The summed E-state index contributed by atoms with van der Waals surface area (Å²) in [5.74, 6) is -0.464. The molecule has 1 amide bonds. The maximum absolute atomic E-state index is 13.9. The van der Waals surface area contributed by atoms with Crippen LogP contribution in [0.2, 0.25) is 5.02 Å². The first-order valence-corrected chi connectivity index (χ1v) is 7.91. The topological polar surface area (TPSA) is 46.3 Å². The highest BCUT2D eigenvalue weighted by molar-refractivity contribution is 6.31. The lowest BCUT2D eigenvalue weighted by molar-refractivity contribution is -0.134. The van der Waals surface area contributed by atoms with E-state index in [2.05, 4.69) is 6.92 Å². The number of benzene rings is 1. The molecule has 0 bridgehead atoms. The Morgan fingerprint density at radius 3 is 2.81 bits per heavy atom. The Balaban J connectivity index is 2.11. The Morgan fingerprint density at radius 1 is 1.52 bits per heavy atom. The zero-order valence-corrected chi connectivity index (χ0v) is 13.1. The Hall–Kier alpha value is -1.13. The van der Waals surface area contributed by atoms with Crippen molar-refractivity contribution >= 4 is 17.5 Å². The van der Waals surface area contributed by atoms with Crippen LogP contribution in [0.4, 0.5) is 4.39 Å². The van der Waals surface area contributed by atoms with Gasteiger partial charge in [0, 0.05) is 16.6 Å². The molecule has 1 aromatic carbocycles. The molecule has 1 atom stereocenters. The number of carbonyl (C=O) groups excluding carboxylic acids is 1. The largest absolute Gasteiger partial charge is 0.334 e. The molecule has 1 fully saturated rings. The zero-order valence-electron chi connectivity index (χ0n) is 12.3. The van der Waals surface area contributed by atoms with E-state index in [1.165, 1.54) is 6.07 Å². The molecule has 5 heteroatoms. The van der Waals surface area contributed by atoms with Crippen LogP contribution in [-0.2, 0) is 11.3 Å². The minimum Gasteiger partial charge on any atom is -0.334 e. The molecule has 116 valence electrons. The van der Waals surface area contributed by atoms with Gasteiger partial charge in [0.05, 0.1) is 12.6 Å². The van der Waals surface area contributed by atoms with Crippen molar-refractivity contribution in [3.63, 3.8) is 0 Å². The summed E-state index contributed by atoms with van der Waals surface area (Å²) in [6.45, 7) is 2.27. The van der Waals surface area contributed by atoms with Gasteiger partial charge in [-0.2, -0.15) is 0 Å². The highest BCUT2D eigenvalue weighted by Gasteiger charge is 2.35. The van der Waals surface area contributed by atoms with Crippen LogP contribution in [0.25, 0.3) is 0 Å². The molecule has 1 aliphatic carbocycles. The van der Waals surface area contributed by atoms with E-state index in [0.717, 1.165) is 25.7 Å². The highest BCUT2D eigenvalue weighted by atomic mass is 35.5. The molecule has 0 saturated heterocycles. The highest BCUT2D eigenvalue weighted by Crippen LogP contribution is 2.31. The Morgan fingerprint density at radius 2 is 2.24 bits per heavy atom. The summed E-state index contributed by atoms with van der Waals surface area (Å²) in [7, 11) is 0. The molecule has 1 aliphatic rings. The van der Waals surface area contributed by atoms with Gasteiger partial charge < -0.3 is 10.6 Å². The van der Waals surface area contributed by atoms with Crippen molar-refractivity contribution in [3.05, 3.63) is 34.6 Å². The predicted octanol–water partition coefficient (Wildman–Crippen LogP) is 3.49. The smallest absolute Gasteiger partial charge is 0.240 e. The van der Waals surface area contributed by atoms with E-state index in [9.17, 15) is 9.18 Å². The third kappa shape index (κ3) is 4.17. The molecule has 0 spiro atoms. The van der Waals surface area contributed by atoms with Gasteiger partial charge in [0.2, 0.25) is 5.91 Å². The minimum atomic E-state index is -0.504. The van der Waals surface area contributed by atoms with E-state index in [1.807, 2.05) is 0 Å². The molecule has 0 aliphatic heterocycles. The van der Waals surface area contributed by atoms with Crippen molar-refractivity contribution in [3.8, 4) is 0 Å². The lowest BCUT2D eigenvalue weighted by Crippen LogP contribution is -2.44. The zero-order chi connectivity index (χ0) is 15.4. The fourth-order valence-corrected chi connectivity index (χ4v) is 2.61. The second-order valence-electron chi connectivity index (χ2n) is 5.65. The standard InChI is InChI=1S/C16H22ClFN2O/c1-2-3-7-15(19)16(21)20(11-8-9-11)10-12-13(17)5-4-6-14(12)18/h4-6,11,15H,2-3,7-10,19H2,1H3. The number of nitrogens with zero attached hydrogens (tertiary/aromatic N) is 1. The molecule has 1 unspecified atom stereocenters. The Kier molecular flexibility index (Phi) is 5.59. The number of halogens is 2. The van der Waals surface area contributed by atoms with Crippen molar-refractivity contribution < 1.29 is 9.18 Å². The summed E-state index contributed by atoms with van der Waals surface area (Å²) < 4.78 is 13.9.